The van der Waals surface area contributed by atoms with Gasteiger partial charge in [-0.3, -0.25) is 24.6 Å². The zero-order valence-corrected chi connectivity index (χ0v) is 27.1. The molecule has 3 heterocycles. The van der Waals surface area contributed by atoms with Crippen molar-refractivity contribution in [2.24, 2.45) is 5.16 Å². The third-order valence-corrected chi connectivity index (χ3v) is 8.32. The van der Waals surface area contributed by atoms with E-state index in [1.807, 2.05) is 0 Å². The number of nitrogens with zero attached hydrogens (tertiary/aromatic N) is 5. The minimum absolute atomic E-state index is 0.00938. The number of β-lactam (4-membered cyclic amide) rings is 1. The number of ether oxygens (including phenoxy) is 2. The van der Waals surface area contributed by atoms with Crippen LogP contribution in [0, 0.1) is 10.1 Å². The molecule has 1 saturated heterocycles. The van der Waals surface area contributed by atoms with Crippen molar-refractivity contribution in [2.75, 3.05) is 24.6 Å². The van der Waals surface area contributed by atoms with E-state index in [1.165, 1.54) is 36.0 Å². The molecule has 1 aromatic carbocycles. The molecule has 4 N–H and O–H groups in total. The molecule has 2 aliphatic rings. The highest BCUT2D eigenvalue weighted by atomic mass is 35.5. The molecule has 0 aliphatic carbocycles. The van der Waals surface area contributed by atoms with Crippen LogP contribution in [0.1, 0.15) is 38.6 Å². The largest absolute Gasteiger partial charge is 0.456 e. The van der Waals surface area contributed by atoms with Gasteiger partial charge in [-0.05, 0) is 38.5 Å². The Hall–Kier alpha value is -4.49. The number of halogens is 1. The third kappa shape index (κ3) is 8.61. The fourth-order valence-electron chi connectivity index (χ4n) is 3.98. The van der Waals surface area contributed by atoms with Gasteiger partial charge in [-0.2, -0.15) is 9.36 Å². The molecule has 0 spiro atoms. The van der Waals surface area contributed by atoms with Gasteiger partial charge in [0.2, 0.25) is 11.5 Å². The minimum atomic E-state index is -1.06. The molecule has 2 aliphatic heterocycles. The Morgan fingerprint density at radius 1 is 1.26 bits per heavy atom. The van der Waals surface area contributed by atoms with Crippen molar-refractivity contribution in [2.45, 2.75) is 50.8 Å². The maximum absolute atomic E-state index is 13.3. The number of hydrogen-bond donors (Lipinski definition) is 3. The van der Waals surface area contributed by atoms with E-state index in [0.29, 0.717) is 12.0 Å². The number of nitrogens with one attached hydrogen (secondary N) is 2. The van der Waals surface area contributed by atoms with Crippen LogP contribution in [0.2, 0.25) is 0 Å². The topological polar surface area (TPSA) is 231 Å². The summed E-state index contributed by atoms with van der Waals surface area (Å²) < 4.78 is 14.5. The number of nitrogen functional groups attached to an aromatic ring is 1. The highest BCUT2D eigenvalue weighted by Crippen LogP contribution is 2.41. The molecule has 3 amide bonds. The van der Waals surface area contributed by atoms with Crippen molar-refractivity contribution in [3.05, 3.63) is 56.5 Å². The third-order valence-electron chi connectivity index (χ3n) is 6.02. The Morgan fingerprint density at radius 2 is 1.98 bits per heavy atom. The van der Waals surface area contributed by atoms with Gasteiger partial charge < -0.3 is 30.7 Å². The highest BCUT2D eigenvalue weighted by Gasteiger charge is 2.54. The van der Waals surface area contributed by atoms with Gasteiger partial charge in [-0.1, -0.05) is 16.8 Å². The molecule has 4 rings (SSSR count). The predicted molar refractivity (Wildman–Crippen MR) is 166 cm³/mol. The second-order valence-electron chi connectivity index (χ2n) is 10.6. The molecule has 0 radical (unpaired) electrons. The number of rotatable bonds is 12. The number of nitrogens with two attached hydrogens (primary N) is 1. The van der Waals surface area contributed by atoms with E-state index in [-0.39, 0.29) is 58.6 Å². The molecular weight excluding hydrogens is 668 g/mol. The molecule has 17 nitrogen and oxygen atoms in total. The number of fused-ring (bicyclic) bond motifs is 1. The molecular formula is C26H29ClN8O9S2. The van der Waals surface area contributed by atoms with Gasteiger partial charge >= 0.3 is 12.1 Å². The summed E-state index contributed by atoms with van der Waals surface area (Å²) in [5.74, 6) is -2.27. The average Bonchev–Trinajstić information content (AvgIpc) is 3.42. The van der Waals surface area contributed by atoms with Crippen LogP contribution in [0.15, 0.2) is 40.2 Å². The second kappa shape index (κ2) is 14.7. The number of alkyl carbamates (subject to hydrolysis) is 1. The molecule has 46 heavy (non-hydrogen) atoms. The molecule has 20 heteroatoms. The Balaban J connectivity index is 1.35. The lowest BCUT2D eigenvalue weighted by Gasteiger charge is -2.49. The number of amides is 3. The fourth-order valence-corrected chi connectivity index (χ4v) is 5.96. The monoisotopic (exact) mass is 696 g/mol. The van der Waals surface area contributed by atoms with E-state index in [1.54, 1.807) is 20.8 Å². The fraction of sp³-hybridized carbons (Fsp3) is 0.423. The first kappa shape index (κ1) is 34.4. The van der Waals surface area contributed by atoms with Gasteiger partial charge in [0, 0.05) is 42.4 Å². The number of nitro groups is 1. The van der Waals surface area contributed by atoms with Gasteiger partial charge in [-0.25, -0.2) is 9.59 Å². The summed E-state index contributed by atoms with van der Waals surface area (Å²) in [5, 5.41) is 19.4. The quantitative estimate of drug-likeness (QED) is 0.0723. The van der Waals surface area contributed by atoms with E-state index in [0.717, 1.165) is 16.4 Å². The molecule has 1 aromatic heterocycles. The smallest absolute Gasteiger partial charge is 0.407 e. The van der Waals surface area contributed by atoms with Crippen molar-refractivity contribution in [1.82, 2.24) is 24.9 Å². The van der Waals surface area contributed by atoms with Crippen molar-refractivity contribution in [1.29, 1.82) is 0 Å². The summed E-state index contributed by atoms with van der Waals surface area (Å²) in [6, 6.07) is 4.37. The van der Waals surface area contributed by atoms with E-state index in [4.69, 9.17) is 31.6 Å². The Labute approximate surface area is 275 Å². The summed E-state index contributed by atoms with van der Waals surface area (Å²) in [4.78, 5) is 71.9. The van der Waals surface area contributed by atoms with E-state index in [9.17, 15) is 29.3 Å². The van der Waals surface area contributed by atoms with Crippen molar-refractivity contribution >= 4 is 75.3 Å². The average molecular weight is 697 g/mol. The number of thioether (sulfide) groups is 1. The first-order valence-electron chi connectivity index (χ1n) is 13.6. The van der Waals surface area contributed by atoms with Crippen LogP contribution in [0.3, 0.4) is 0 Å². The lowest BCUT2D eigenvalue weighted by atomic mass is 10.0. The van der Waals surface area contributed by atoms with Gasteiger partial charge in [0.05, 0.1) is 9.96 Å². The number of esters is 1. The van der Waals surface area contributed by atoms with Crippen molar-refractivity contribution < 1.29 is 38.4 Å². The summed E-state index contributed by atoms with van der Waals surface area (Å²) >= 11 is 8.36. The second-order valence-corrected chi connectivity index (χ2v) is 13.0. The Kier molecular flexibility index (Phi) is 11.0. The predicted octanol–water partition coefficient (Wildman–Crippen LogP) is 2.26. The van der Waals surface area contributed by atoms with Gasteiger partial charge in [0.15, 0.2) is 5.13 Å². The number of aromatic nitrogens is 2. The van der Waals surface area contributed by atoms with E-state index >= 15 is 0 Å². The van der Waals surface area contributed by atoms with Crippen molar-refractivity contribution in [3.63, 3.8) is 0 Å². The summed E-state index contributed by atoms with van der Waals surface area (Å²) in [7, 11) is 0. The summed E-state index contributed by atoms with van der Waals surface area (Å²) in [6.07, 6.45) is -0.259. The number of nitro benzene ring substituents is 1. The summed E-state index contributed by atoms with van der Waals surface area (Å²) in [6.45, 7) is 5.23. The van der Waals surface area contributed by atoms with Crippen LogP contribution < -0.4 is 16.4 Å². The van der Waals surface area contributed by atoms with E-state index in [2.05, 4.69) is 25.1 Å². The zero-order valence-electron chi connectivity index (χ0n) is 24.7. The lowest BCUT2D eigenvalue weighted by molar-refractivity contribution is -0.384. The van der Waals surface area contributed by atoms with Crippen LogP contribution in [0.25, 0.3) is 0 Å². The molecule has 2 aromatic rings. The molecule has 0 saturated carbocycles. The lowest BCUT2D eigenvalue weighted by Crippen LogP contribution is -2.71. The molecule has 1 fully saturated rings. The minimum Gasteiger partial charge on any atom is -0.456 e. The van der Waals surface area contributed by atoms with Crippen LogP contribution in [-0.4, -0.2) is 84.7 Å². The van der Waals surface area contributed by atoms with Crippen molar-refractivity contribution in [3.8, 4) is 0 Å². The molecule has 2 atom stereocenters. The Bertz CT molecular complexity index is 1580. The van der Waals surface area contributed by atoms with Gasteiger partial charge in [0.1, 0.15) is 35.9 Å². The first-order chi connectivity index (χ1) is 21.7. The number of carbonyl (C=O) groups is 4. The SMILES string of the molecule is CC(C)(C)OC(=O)NCCCO/N=C(/C(=O)NC1C(=O)N2C(C(=O)OCc3ccc([N+](=O)[O-])cc3)=C(Cl)CSC12)c1nsc(N)n1. The molecule has 2 unspecified atom stereocenters. The first-order valence-corrected chi connectivity index (χ1v) is 15.8. The Morgan fingerprint density at radius 3 is 2.61 bits per heavy atom. The van der Waals surface area contributed by atoms with Gasteiger partial charge in [0.25, 0.3) is 17.5 Å². The summed E-state index contributed by atoms with van der Waals surface area (Å²) in [5.41, 5.74) is 4.91. The number of benzene rings is 1. The van der Waals surface area contributed by atoms with Gasteiger partial charge in [-0.15, -0.1) is 11.8 Å². The van der Waals surface area contributed by atoms with Crippen LogP contribution in [-0.2, 0) is 35.3 Å². The number of oxime groups is 1. The number of hydrogen-bond acceptors (Lipinski definition) is 15. The number of anilines is 1. The zero-order chi connectivity index (χ0) is 33.6. The maximum Gasteiger partial charge on any atom is 0.407 e. The maximum atomic E-state index is 13.3. The van der Waals surface area contributed by atoms with E-state index < -0.39 is 45.8 Å². The van der Waals surface area contributed by atoms with Crippen LogP contribution >= 0.6 is 34.9 Å². The standard InChI is InChI=1S/C26H29ClN8O9S2/c1-26(2,3)44-25(39)29-9-4-10-43-32-16(19-31-24(28)46-33-19)20(36)30-17-21(37)34-18(15(27)12-45-22(17)34)23(38)42-11-13-5-7-14(8-6-13)35(40)41/h5-8,17,22H,4,9-12H2,1-3H3,(H,29,39)(H,30,36)(H2,28,31,33)/b32-16+. The van der Waals surface area contributed by atoms with Crippen LogP contribution in [0.4, 0.5) is 15.6 Å². The molecule has 246 valence electrons. The molecule has 0 bridgehead atoms. The number of non-ortho nitro benzene ring substituents is 1. The number of carbonyl (C=O) groups excluding carboxylic acids is 4. The van der Waals surface area contributed by atoms with Crippen LogP contribution in [0.5, 0.6) is 0 Å². The highest BCUT2D eigenvalue weighted by molar-refractivity contribution is 8.00. The normalized spacial score (nSPS) is 17.9.